The lowest BCUT2D eigenvalue weighted by molar-refractivity contribution is -0.771. The maximum absolute atomic E-state index is 14.6. The number of halogens is 2. The lowest BCUT2D eigenvalue weighted by Gasteiger charge is -2.23. The molecule has 0 saturated carbocycles. The van der Waals surface area contributed by atoms with Gasteiger partial charge < -0.3 is 29.7 Å². The number of para-hydroxylation sites is 2. The zero-order chi connectivity index (χ0) is 37.1. The standard InChI is InChI=1S/C36H38F2N4O9/c1-21-11-13-28(40-35-23(3)7-5-8-26(35)37)24(15-21)17-34(44)49-20-32(51-42(45)46)31(50-39)19-48-33(43)18-25-16-22(2)12-14-29(25)41-36-27(38)9-6-10-30(36)47-4/h5-16,31-32,40-41H,17-20,39H2,1-4H3. The number of aryl methyl sites for hydroxylation is 3. The van der Waals surface area contributed by atoms with Crippen LogP contribution >= 0.6 is 0 Å². The van der Waals surface area contributed by atoms with Crippen LogP contribution in [0.3, 0.4) is 0 Å². The van der Waals surface area contributed by atoms with Crippen LogP contribution in [0.2, 0.25) is 0 Å². The second-order valence-corrected chi connectivity index (χ2v) is 11.6. The zero-order valence-electron chi connectivity index (χ0n) is 28.4. The van der Waals surface area contributed by atoms with Crippen LogP contribution in [0.15, 0.2) is 72.8 Å². The quantitative estimate of drug-likeness (QED) is 0.0655. The van der Waals surface area contributed by atoms with Crippen LogP contribution in [0.5, 0.6) is 5.75 Å². The SMILES string of the molecule is COc1cccc(F)c1Nc1ccc(C)cc1CC(=O)OCC(ON)C(COC(=O)Cc1cc(C)ccc1Nc1c(C)cccc1F)O[N+](=O)[O-]. The number of hydrogen-bond donors (Lipinski definition) is 3. The van der Waals surface area contributed by atoms with E-state index in [1.54, 1.807) is 61.5 Å². The van der Waals surface area contributed by atoms with Gasteiger partial charge in [-0.1, -0.05) is 53.6 Å². The number of carbonyl (C=O) groups is 2. The summed E-state index contributed by atoms with van der Waals surface area (Å²) >= 11 is 0. The van der Waals surface area contributed by atoms with Gasteiger partial charge in [0.1, 0.15) is 42.4 Å². The predicted molar refractivity (Wildman–Crippen MR) is 183 cm³/mol. The van der Waals surface area contributed by atoms with Gasteiger partial charge in [-0.2, -0.15) is 0 Å². The predicted octanol–water partition coefficient (Wildman–Crippen LogP) is 6.09. The van der Waals surface area contributed by atoms with Crippen molar-refractivity contribution < 1.29 is 47.3 Å². The van der Waals surface area contributed by atoms with Crippen molar-refractivity contribution in [2.24, 2.45) is 5.90 Å². The molecular weight excluding hydrogens is 670 g/mol. The fourth-order valence-corrected chi connectivity index (χ4v) is 5.15. The van der Waals surface area contributed by atoms with Gasteiger partial charge in [-0.3, -0.25) is 14.4 Å². The maximum Gasteiger partial charge on any atom is 0.310 e. The summed E-state index contributed by atoms with van der Waals surface area (Å²) < 4.78 is 45.0. The van der Waals surface area contributed by atoms with Gasteiger partial charge in [0.15, 0.2) is 6.10 Å². The minimum Gasteiger partial charge on any atom is -0.494 e. The van der Waals surface area contributed by atoms with E-state index in [0.717, 1.165) is 11.1 Å². The van der Waals surface area contributed by atoms with Crippen molar-refractivity contribution in [2.45, 2.75) is 45.8 Å². The molecule has 0 aliphatic rings. The molecule has 270 valence electrons. The molecule has 51 heavy (non-hydrogen) atoms. The van der Waals surface area contributed by atoms with Crippen molar-refractivity contribution in [1.29, 1.82) is 0 Å². The Morgan fingerprint density at radius 1 is 0.784 bits per heavy atom. The third kappa shape index (κ3) is 10.6. The fourth-order valence-electron chi connectivity index (χ4n) is 5.15. The van der Waals surface area contributed by atoms with Gasteiger partial charge in [-0.05, 0) is 67.8 Å². The highest BCUT2D eigenvalue weighted by Crippen LogP contribution is 2.32. The van der Waals surface area contributed by atoms with Gasteiger partial charge in [-0.15, -0.1) is 10.1 Å². The largest absolute Gasteiger partial charge is 0.494 e. The average Bonchev–Trinajstić information content (AvgIpc) is 3.08. The number of rotatable bonds is 17. The number of esters is 2. The number of anilines is 4. The van der Waals surface area contributed by atoms with Crippen molar-refractivity contribution in [3.8, 4) is 5.75 Å². The third-order valence-electron chi connectivity index (χ3n) is 7.76. The summed E-state index contributed by atoms with van der Waals surface area (Å²) in [5.41, 5.74) is 4.39. The van der Waals surface area contributed by atoms with Crippen molar-refractivity contribution in [1.82, 2.24) is 0 Å². The Kier molecular flexibility index (Phi) is 13.2. The molecule has 0 bridgehead atoms. The molecule has 4 aromatic rings. The molecule has 0 amide bonds. The average molecular weight is 709 g/mol. The number of ether oxygens (including phenoxy) is 3. The highest BCUT2D eigenvalue weighted by molar-refractivity contribution is 5.79. The molecule has 4 N–H and O–H groups in total. The van der Waals surface area contributed by atoms with Crippen molar-refractivity contribution in [3.63, 3.8) is 0 Å². The van der Waals surface area contributed by atoms with Gasteiger partial charge in [0.25, 0.3) is 5.09 Å². The van der Waals surface area contributed by atoms with Crippen LogP contribution in [0, 0.1) is 42.5 Å². The first-order valence-electron chi connectivity index (χ1n) is 15.7. The topological polar surface area (TPSA) is 174 Å². The van der Waals surface area contributed by atoms with Crippen LogP contribution in [0.4, 0.5) is 31.5 Å². The maximum atomic E-state index is 14.6. The van der Waals surface area contributed by atoms with E-state index in [0.29, 0.717) is 28.1 Å². The first-order valence-corrected chi connectivity index (χ1v) is 15.7. The van der Waals surface area contributed by atoms with E-state index >= 15 is 0 Å². The molecule has 15 heteroatoms. The molecular formula is C36H38F2N4O9. The molecule has 13 nitrogen and oxygen atoms in total. The molecule has 0 aliphatic heterocycles. The highest BCUT2D eigenvalue weighted by atomic mass is 19.1. The Balaban J connectivity index is 1.40. The number of nitrogens with two attached hydrogens (primary N) is 1. The number of nitrogens with one attached hydrogen (secondary N) is 2. The third-order valence-corrected chi connectivity index (χ3v) is 7.76. The fraction of sp³-hybridized carbons (Fsp3) is 0.278. The van der Waals surface area contributed by atoms with E-state index in [1.807, 2.05) is 13.8 Å². The minimum absolute atomic E-state index is 0.0689. The summed E-state index contributed by atoms with van der Waals surface area (Å²) in [5.74, 6) is 3.04. The number of benzene rings is 4. The van der Waals surface area contributed by atoms with Gasteiger partial charge in [0.2, 0.25) is 0 Å². The summed E-state index contributed by atoms with van der Waals surface area (Å²) in [6, 6.07) is 19.3. The van der Waals surface area contributed by atoms with E-state index < -0.39 is 54.1 Å². The summed E-state index contributed by atoms with van der Waals surface area (Å²) in [4.78, 5) is 46.7. The van der Waals surface area contributed by atoms with E-state index in [9.17, 15) is 28.5 Å². The number of carbonyl (C=O) groups excluding carboxylic acids is 2. The summed E-state index contributed by atoms with van der Waals surface area (Å²) in [6.07, 6.45) is -3.57. The molecule has 0 saturated heterocycles. The first-order chi connectivity index (χ1) is 24.4. The summed E-state index contributed by atoms with van der Waals surface area (Å²) in [7, 11) is 1.40. The molecule has 0 heterocycles. The molecule has 4 aromatic carbocycles. The Bertz CT molecular complexity index is 1850. The van der Waals surface area contributed by atoms with Crippen LogP contribution in [-0.2, 0) is 41.6 Å². The second-order valence-electron chi connectivity index (χ2n) is 11.6. The molecule has 2 unspecified atom stereocenters. The number of methoxy groups -OCH3 is 1. The van der Waals surface area contributed by atoms with Gasteiger partial charge in [0.05, 0.1) is 25.6 Å². The monoisotopic (exact) mass is 708 g/mol. The number of hydrogen-bond acceptors (Lipinski definition) is 12. The lowest BCUT2D eigenvalue weighted by atomic mass is 10.1. The smallest absolute Gasteiger partial charge is 0.310 e. The Hall–Kier alpha value is -5.80. The van der Waals surface area contributed by atoms with Crippen LogP contribution < -0.4 is 21.3 Å². The zero-order valence-corrected chi connectivity index (χ0v) is 28.4. The Morgan fingerprint density at radius 3 is 1.80 bits per heavy atom. The Morgan fingerprint density at radius 2 is 1.29 bits per heavy atom. The summed E-state index contributed by atoms with van der Waals surface area (Å²) in [5, 5.41) is 16.2. The number of nitrogens with zero attached hydrogens (tertiary/aromatic N) is 1. The van der Waals surface area contributed by atoms with Crippen molar-refractivity contribution >= 4 is 34.7 Å². The van der Waals surface area contributed by atoms with Gasteiger partial charge in [0, 0.05) is 11.4 Å². The van der Waals surface area contributed by atoms with Crippen molar-refractivity contribution in [2.75, 3.05) is 31.0 Å². The van der Waals surface area contributed by atoms with Crippen LogP contribution in [0.25, 0.3) is 0 Å². The molecule has 0 fully saturated rings. The van der Waals surface area contributed by atoms with Crippen LogP contribution in [-0.4, -0.2) is 49.6 Å². The van der Waals surface area contributed by atoms with E-state index in [4.69, 9.17) is 24.9 Å². The molecule has 4 rings (SSSR count). The van der Waals surface area contributed by atoms with Gasteiger partial charge >= 0.3 is 11.9 Å². The van der Waals surface area contributed by atoms with E-state index in [2.05, 4.69) is 15.5 Å². The second kappa shape index (κ2) is 17.7. The van der Waals surface area contributed by atoms with Crippen LogP contribution in [0.1, 0.15) is 27.8 Å². The van der Waals surface area contributed by atoms with E-state index in [-0.39, 0.29) is 30.0 Å². The van der Waals surface area contributed by atoms with Gasteiger partial charge in [-0.25, -0.2) is 14.7 Å². The molecule has 0 aromatic heterocycles. The van der Waals surface area contributed by atoms with Crippen molar-refractivity contribution in [3.05, 3.63) is 122 Å². The normalized spacial score (nSPS) is 12.0. The molecule has 2 atom stereocenters. The minimum atomic E-state index is -1.58. The first kappa shape index (κ1) is 38.0. The highest BCUT2D eigenvalue weighted by Gasteiger charge is 2.30. The van der Waals surface area contributed by atoms with E-state index in [1.165, 1.54) is 25.3 Å². The lowest BCUT2D eigenvalue weighted by Crippen LogP contribution is -2.43. The molecule has 0 radical (unpaired) electrons. The molecule has 0 aliphatic carbocycles. The Labute approximate surface area is 292 Å². The summed E-state index contributed by atoms with van der Waals surface area (Å²) in [6.45, 7) is 4.07. The molecule has 0 spiro atoms.